The van der Waals surface area contributed by atoms with Crippen molar-refractivity contribution in [3.05, 3.63) is 46.0 Å². The van der Waals surface area contributed by atoms with Gasteiger partial charge in [0.05, 0.1) is 12.3 Å². The molecule has 0 radical (unpaired) electrons. The van der Waals surface area contributed by atoms with Crippen LogP contribution in [0.25, 0.3) is 0 Å². The third kappa shape index (κ3) is 4.35. The number of aromatic amines is 1. The number of thioether (sulfide) groups is 1. The maximum Gasteiger partial charge on any atom is 0.233 e. The molecular weight excluding hydrogens is 350 g/mol. The van der Waals surface area contributed by atoms with E-state index >= 15 is 0 Å². The number of benzene rings is 1. The molecule has 0 aliphatic carbocycles. The van der Waals surface area contributed by atoms with Gasteiger partial charge in [0.25, 0.3) is 0 Å². The fourth-order valence-corrected chi connectivity index (χ4v) is 3.36. The van der Waals surface area contributed by atoms with E-state index in [0.717, 1.165) is 15.2 Å². The van der Waals surface area contributed by atoms with Crippen LogP contribution < -0.4 is 0 Å². The van der Waals surface area contributed by atoms with E-state index in [1.807, 2.05) is 0 Å². The van der Waals surface area contributed by atoms with Crippen LogP contribution in [0.4, 0.5) is 0 Å². The van der Waals surface area contributed by atoms with E-state index in [2.05, 4.69) is 51.9 Å². The Morgan fingerprint density at radius 1 is 1.38 bits per heavy atom. The number of nitrogens with zero attached hydrogens (tertiary/aromatic N) is 2. The molecule has 1 aromatic carbocycles. The van der Waals surface area contributed by atoms with E-state index in [-0.39, 0.29) is 5.91 Å². The van der Waals surface area contributed by atoms with Crippen LogP contribution in [0.5, 0.6) is 0 Å². The summed E-state index contributed by atoms with van der Waals surface area (Å²) in [6.07, 6.45) is 3.45. The average molecular weight is 368 g/mol. The second-order valence-corrected chi connectivity index (χ2v) is 6.81. The zero-order valence-corrected chi connectivity index (χ0v) is 14.7. The van der Waals surface area contributed by atoms with E-state index in [4.69, 9.17) is 0 Å². The van der Waals surface area contributed by atoms with Crippen LogP contribution in [0, 0.1) is 13.8 Å². The first-order chi connectivity index (χ1) is 9.97. The summed E-state index contributed by atoms with van der Waals surface area (Å²) < 4.78 is 1.10. The van der Waals surface area contributed by atoms with Crippen LogP contribution >= 0.6 is 27.7 Å². The van der Waals surface area contributed by atoms with E-state index in [1.54, 1.807) is 36.1 Å². The van der Waals surface area contributed by atoms with Crippen molar-refractivity contribution in [2.45, 2.75) is 25.3 Å². The van der Waals surface area contributed by atoms with Gasteiger partial charge in [0.15, 0.2) is 0 Å². The Hall–Kier alpha value is -1.27. The molecule has 21 heavy (non-hydrogen) atoms. The van der Waals surface area contributed by atoms with Gasteiger partial charge < -0.3 is 9.88 Å². The third-order valence-electron chi connectivity index (χ3n) is 3.17. The number of carbonyl (C=O) groups excluding carboxylic acids is 1. The minimum atomic E-state index is 0.0939. The molecule has 112 valence electrons. The summed E-state index contributed by atoms with van der Waals surface area (Å²) in [6, 6.07) is 4.21. The molecule has 1 amide bonds. The van der Waals surface area contributed by atoms with Crippen LogP contribution in [-0.2, 0) is 11.3 Å². The Balaban J connectivity index is 1.93. The van der Waals surface area contributed by atoms with Crippen molar-refractivity contribution in [2.24, 2.45) is 0 Å². The fraction of sp³-hybridized carbons (Fsp3) is 0.333. The Morgan fingerprint density at radius 3 is 2.81 bits per heavy atom. The molecule has 0 fully saturated rings. The summed E-state index contributed by atoms with van der Waals surface area (Å²) in [6.45, 7) is 4.62. The number of aryl methyl sites for hydroxylation is 2. The number of nitrogens with one attached hydrogen (secondary N) is 1. The molecule has 0 spiro atoms. The molecular formula is C15H18BrN3OS. The molecule has 4 nitrogen and oxygen atoms in total. The normalized spacial score (nSPS) is 10.7. The molecule has 0 saturated carbocycles. The minimum absolute atomic E-state index is 0.0939. The molecule has 0 atom stereocenters. The van der Waals surface area contributed by atoms with Crippen LogP contribution in [0.15, 0.2) is 33.9 Å². The summed E-state index contributed by atoms with van der Waals surface area (Å²) in [5.74, 6) is 1.32. The van der Waals surface area contributed by atoms with Crippen molar-refractivity contribution in [1.82, 2.24) is 14.9 Å². The maximum absolute atomic E-state index is 12.2. The number of H-pyrrole nitrogens is 1. The average Bonchev–Trinajstić information content (AvgIpc) is 2.93. The molecule has 0 unspecified atom stereocenters. The van der Waals surface area contributed by atoms with Gasteiger partial charge in [0.2, 0.25) is 5.91 Å². The fourth-order valence-electron chi connectivity index (χ4n) is 1.86. The lowest BCUT2D eigenvalue weighted by Crippen LogP contribution is -2.28. The van der Waals surface area contributed by atoms with Crippen LogP contribution in [-0.4, -0.2) is 33.6 Å². The van der Waals surface area contributed by atoms with Gasteiger partial charge in [0.1, 0.15) is 5.82 Å². The highest BCUT2D eigenvalue weighted by Gasteiger charge is 2.12. The SMILES string of the molecule is Cc1cc(SCC(=O)N(C)Cc2ncc[nH]2)c(C)cc1Br. The Labute approximate surface area is 137 Å². The summed E-state index contributed by atoms with van der Waals surface area (Å²) in [5, 5.41) is 0. The Bertz CT molecular complexity index is 628. The van der Waals surface area contributed by atoms with Gasteiger partial charge in [-0.3, -0.25) is 4.79 Å². The van der Waals surface area contributed by atoms with E-state index in [1.165, 1.54) is 11.1 Å². The molecule has 0 aliphatic heterocycles. The predicted molar refractivity (Wildman–Crippen MR) is 89.4 cm³/mol. The van der Waals surface area contributed by atoms with Crippen molar-refractivity contribution in [1.29, 1.82) is 0 Å². The zero-order valence-electron chi connectivity index (χ0n) is 12.3. The Kier molecular flexibility index (Phi) is 5.47. The molecule has 0 bridgehead atoms. The molecule has 1 aromatic heterocycles. The highest BCUT2D eigenvalue weighted by molar-refractivity contribution is 9.10. The van der Waals surface area contributed by atoms with Crippen molar-refractivity contribution >= 4 is 33.6 Å². The van der Waals surface area contributed by atoms with Crippen molar-refractivity contribution in [3.63, 3.8) is 0 Å². The number of amides is 1. The van der Waals surface area contributed by atoms with Crippen molar-refractivity contribution < 1.29 is 4.79 Å². The first-order valence-electron chi connectivity index (χ1n) is 6.59. The first kappa shape index (κ1) is 16.1. The summed E-state index contributed by atoms with van der Waals surface area (Å²) in [7, 11) is 1.80. The molecule has 6 heteroatoms. The van der Waals surface area contributed by atoms with Crippen molar-refractivity contribution in [3.8, 4) is 0 Å². The summed E-state index contributed by atoms with van der Waals surface area (Å²) >= 11 is 5.10. The summed E-state index contributed by atoms with van der Waals surface area (Å²) in [5.41, 5.74) is 2.36. The number of imidazole rings is 1. The lowest BCUT2D eigenvalue weighted by atomic mass is 10.2. The van der Waals surface area contributed by atoms with Gasteiger partial charge in [-0.15, -0.1) is 11.8 Å². The van der Waals surface area contributed by atoms with E-state index in [9.17, 15) is 4.79 Å². The van der Waals surface area contributed by atoms with E-state index < -0.39 is 0 Å². The van der Waals surface area contributed by atoms with Crippen LogP contribution in [0.1, 0.15) is 17.0 Å². The predicted octanol–water partition coefficient (Wildman–Crippen LogP) is 3.54. The van der Waals surface area contributed by atoms with E-state index in [0.29, 0.717) is 12.3 Å². The standard InChI is InChI=1S/C15H18BrN3OS/c1-10-7-13(11(2)6-12(10)16)21-9-15(20)19(3)8-14-17-4-5-18-14/h4-7H,8-9H2,1-3H3,(H,17,18). The van der Waals surface area contributed by atoms with Crippen LogP contribution in [0.2, 0.25) is 0 Å². The molecule has 2 rings (SSSR count). The lowest BCUT2D eigenvalue weighted by molar-refractivity contribution is -0.127. The minimum Gasteiger partial charge on any atom is -0.347 e. The molecule has 1 heterocycles. The van der Waals surface area contributed by atoms with Gasteiger partial charge in [-0.05, 0) is 37.1 Å². The van der Waals surface area contributed by atoms with Gasteiger partial charge >= 0.3 is 0 Å². The second-order valence-electron chi connectivity index (χ2n) is 4.94. The van der Waals surface area contributed by atoms with Gasteiger partial charge in [-0.2, -0.15) is 0 Å². The van der Waals surface area contributed by atoms with Crippen LogP contribution in [0.3, 0.4) is 0 Å². The first-order valence-corrected chi connectivity index (χ1v) is 8.37. The monoisotopic (exact) mass is 367 g/mol. The number of halogens is 1. The molecule has 1 N–H and O–H groups in total. The summed E-state index contributed by atoms with van der Waals surface area (Å²) in [4.78, 5) is 22.1. The third-order valence-corrected chi connectivity index (χ3v) is 5.17. The largest absolute Gasteiger partial charge is 0.347 e. The highest BCUT2D eigenvalue weighted by atomic mass is 79.9. The number of hydrogen-bond acceptors (Lipinski definition) is 3. The smallest absolute Gasteiger partial charge is 0.233 e. The van der Waals surface area contributed by atoms with Crippen molar-refractivity contribution in [2.75, 3.05) is 12.8 Å². The van der Waals surface area contributed by atoms with Gasteiger partial charge in [-0.25, -0.2) is 4.98 Å². The number of aromatic nitrogens is 2. The van der Waals surface area contributed by atoms with Gasteiger partial charge in [0, 0.05) is 28.8 Å². The lowest BCUT2D eigenvalue weighted by Gasteiger charge is -2.16. The zero-order chi connectivity index (χ0) is 15.4. The number of carbonyl (C=O) groups is 1. The van der Waals surface area contributed by atoms with Gasteiger partial charge in [-0.1, -0.05) is 15.9 Å². The maximum atomic E-state index is 12.2. The number of rotatable bonds is 5. The molecule has 0 saturated heterocycles. The molecule has 2 aromatic rings. The number of hydrogen-bond donors (Lipinski definition) is 1. The molecule has 0 aliphatic rings. The Morgan fingerprint density at radius 2 is 2.14 bits per heavy atom. The highest BCUT2D eigenvalue weighted by Crippen LogP contribution is 2.28. The second kappa shape index (κ2) is 7.13. The topological polar surface area (TPSA) is 49.0 Å². The quantitative estimate of drug-likeness (QED) is 0.822.